The minimum absolute atomic E-state index is 0.148. The fraction of sp³-hybridized carbons (Fsp3) is 0.227. The minimum Gasteiger partial charge on any atom is -0.354 e. The Bertz CT molecular complexity index is 1070. The number of rotatable bonds is 6. The number of nitrogens with zero attached hydrogens (tertiary/aromatic N) is 1. The van der Waals surface area contributed by atoms with Gasteiger partial charge in [-0.1, -0.05) is 30.3 Å². The van der Waals surface area contributed by atoms with Crippen LogP contribution in [0, 0.1) is 0 Å². The second kappa shape index (κ2) is 8.18. The number of hydrogen-bond donors (Lipinski definition) is 3. The maximum absolute atomic E-state index is 12.4. The molecule has 3 aromatic rings. The standard InChI is InChI=1S/C22H22N4O3/c27-20(23-12-14-26-13-11-15-5-1-4-8-19(15)26)10-9-18-22(29)24-17-7-3-2-6-16(17)21(28)25-18/h1-8,11,13,18H,9-10,12,14H2,(H,23,27)(H,24,29)(H,25,28)/t18-/m1/s1. The number of carbonyl (C=O) groups excluding carboxylic acids is 3. The minimum atomic E-state index is -0.742. The van der Waals surface area contributed by atoms with Crippen LogP contribution in [0.25, 0.3) is 10.9 Å². The zero-order valence-electron chi connectivity index (χ0n) is 15.9. The highest BCUT2D eigenvalue weighted by Crippen LogP contribution is 2.19. The van der Waals surface area contributed by atoms with Crippen molar-refractivity contribution in [3.05, 3.63) is 66.4 Å². The molecule has 0 saturated carbocycles. The Morgan fingerprint density at radius 2 is 1.83 bits per heavy atom. The van der Waals surface area contributed by atoms with E-state index in [4.69, 9.17) is 0 Å². The fourth-order valence-electron chi connectivity index (χ4n) is 3.53. The van der Waals surface area contributed by atoms with Crippen LogP contribution in [-0.4, -0.2) is 34.9 Å². The van der Waals surface area contributed by atoms with Gasteiger partial charge in [-0.3, -0.25) is 14.4 Å². The number of hydrogen-bond acceptors (Lipinski definition) is 3. The van der Waals surface area contributed by atoms with E-state index in [9.17, 15) is 14.4 Å². The molecule has 7 nitrogen and oxygen atoms in total. The smallest absolute Gasteiger partial charge is 0.254 e. The molecule has 3 amide bonds. The maximum Gasteiger partial charge on any atom is 0.254 e. The Morgan fingerprint density at radius 3 is 2.72 bits per heavy atom. The predicted octanol–water partition coefficient (Wildman–Crippen LogP) is 2.29. The van der Waals surface area contributed by atoms with Crippen LogP contribution < -0.4 is 16.0 Å². The molecular weight excluding hydrogens is 368 g/mol. The van der Waals surface area contributed by atoms with Crippen molar-refractivity contribution in [1.82, 2.24) is 15.2 Å². The van der Waals surface area contributed by atoms with E-state index in [-0.39, 0.29) is 30.6 Å². The van der Waals surface area contributed by atoms with Gasteiger partial charge in [-0.25, -0.2) is 0 Å². The van der Waals surface area contributed by atoms with Crippen molar-refractivity contribution in [2.75, 3.05) is 11.9 Å². The summed E-state index contributed by atoms with van der Waals surface area (Å²) >= 11 is 0. The van der Waals surface area contributed by atoms with E-state index in [0.717, 1.165) is 10.9 Å². The van der Waals surface area contributed by atoms with Crippen molar-refractivity contribution >= 4 is 34.3 Å². The average Bonchev–Trinajstić information content (AvgIpc) is 3.09. The van der Waals surface area contributed by atoms with Crippen molar-refractivity contribution in [2.24, 2.45) is 0 Å². The van der Waals surface area contributed by atoms with E-state index in [1.807, 2.05) is 30.5 Å². The van der Waals surface area contributed by atoms with Gasteiger partial charge in [-0.05, 0) is 36.1 Å². The fourth-order valence-corrected chi connectivity index (χ4v) is 3.53. The van der Waals surface area contributed by atoms with Gasteiger partial charge in [0, 0.05) is 31.2 Å². The van der Waals surface area contributed by atoms with E-state index in [2.05, 4.69) is 26.6 Å². The van der Waals surface area contributed by atoms with Gasteiger partial charge in [0.15, 0.2) is 0 Å². The van der Waals surface area contributed by atoms with Gasteiger partial charge in [-0.15, -0.1) is 0 Å². The molecule has 3 N–H and O–H groups in total. The van der Waals surface area contributed by atoms with Crippen LogP contribution in [0.2, 0.25) is 0 Å². The molecule has 0 aliphatic carbocycles. The highest BCUT2D eigenvalue weighted by atomic mass is 16.2. The van der Waals surface area contributed by atoms with Gasteiger partial charge < -0.3 is 20.5 Å². The largest absolute Gasteiger partial charge is 0.354 e. The number of anilines is 1. The van der Waals surface area contributed by atoms with Crippen molar-refractivity contribution in [2.45, 2.75) is 25.4 Å². The second-order valence-corrected chi connectivity index (χ2v) is 7.02. The van der Waals surface area contributed by atoms with Crippen LogP contribution in [0.4, 0.5) is 5.69 Å². The maximum atomic E-state index is 12.4. The first-order valence-electron chi connectivity index (χ1n) is 9.63. The Hall–Kier alpha value is -3.61. The summed E-state index contributed by atoms with van der Waals surface area (Å²) in [5.74, 6) is -0.774. The highest BCUT2D eigenvalue weighted by molar-refractivity contribution is 6.09. The number of fused-ring (bicyclic) bond motifs is 2. The van der Waals surface area contributed by atoms with Crippen LogP contribution in [0.15, 0.2) is 60.8 Å². The van der Waals surface area contributed by atoms with E-state index in [1.165, 1.54) is 0 Å². The summed E-state index contributed by atoms with van der Waals surface area (Å²) < 4.78 is 2.09. The first kappa shape index (κ1) is 18.7. The first-order valence-corrected chi connectivity index (χ1v) is 9.63. The topological polar surface area (TPSA) is 92.2 Å². The molecule has 1 aliphatic heterocycles. The first-order chi connectivity index (χ1) is 14.1. The number of carbonyl (C=O) groups is 3. The van der Waals surface area contributed by atoms with Gasteiger partial charge in [-0.2, -0.15) is 0 Å². The van der Waals surface area contributed by atoms with Crippen molar-refractivity contribution < 1.29 is 14.4 Å². The Morgan fingerprint density at radius 1 is 1.03 bits per heavy atom. The summed E-state index contributed by atoms with van der Waals surface area (Å²) in [6.45, 7) is 1.15. The third kappa shape index (κ3) is 4.13. The summed E-state index contributed by atoms with van der Waals surface area (Å²) in [4.78, 5) is 36.9. The number of nitrogens with one attached hydrogen (secondary N) is 3. The molecule has 1 atom stereocenters. The highest BCUT2D eigenvalue weighted by Gasteiger charge is 2.27. The molecule has 0 saturated heterocycles. The van der Waals surface area contributed by atoms with Crippen LogP contribution >= 0.6 is 0 Å². The second-order valence-electron chi connectivity index (χ2n) is 7.02. The summed E-state index contributed by atoms with van der Waals surface area (Å²) in [6, 6.07) is 16.2. The van der Waals surface area contributed by atoms with E-state index in [0.29, 0.717) is 24.3 Å². The van der Waals surface area contributed by atoms with Crippen LogP contribution in [0.3, 0.4) is 0 Å². The monoisotopic (exact) mass is 390 g/mol. The lowest BCUT2D eigenvalue weighted by Gasteiger charge is -2.14. The Balaban J connectivity index is 1.27. The number of para-hydroxylation sites is 2. The Labute approximate surface area is 168 Å². The third-order valence-electron chi connectivity index (χ3n) is 5.07. The quantitative estimate of drug-likeness (QED) is 0.603. The van der Waals surface area contributed by atoms with Crippen LogP contribution in [-0.2, 0) is 16.1 Å². The lowest BCUT2D eigenvalue weighted by atomic mass is 10.1. The van der Waals surface area contributed by atoms with Gasteiger partial charge in [0.25, 0.3) is 5.91 Å². The normalized spacial score (nSPS) is 15.9. The zero-order valence-corrected chi connectivity index (χ0v) is 15.9. The molecular formula is C22H22N4O3. The molecule has 0 unspecified atom stereocenters. The van der Waals surface area contributed by atoms with Gasteiger partial charge in [0.1, 0.15) is 6.04 Å². The van der Waals surface area contributed by atoms with Crippen molar-refractivity contribution in [3.8, 4) is 0 Å². The average molecular weight is 390 g/mol. The molecule has 2 aromatic carbocycles. The molecule has 1 aromatic heterocycles. The molecule has 2 heterocycles. The molecule has 0 spiro atoms. The number of benzene rings is 2. The van der Waals surface area contributed by atoms with Gasteiger partial charge >= 0.3 is 0 Å². The summed E-state index contributed by atoms with van der Waals surface area (Å²) in [7, 11) is 0. The summed E-state index contributed by atoms with van der Waals surface area (Å²) in [5, 5.41) is 9.49. The van der Waals surface area contributed by atoms with Crippen LogP contribution in [0.1, 0.15) is 23.2 Å². The molecule has 0 bridgehead atoms. The summed E-state index contributed by atoms with van der Waals surface area (Å²) in [6.07, 6.45) is 2.39. The number of amides is 3. The zero-order chi connectivity index (χ0) is 20.2. The molecule has 29 heavy (non-hydrogen) atoms. The van der Waals surface area contributed by atoms with Crippen LogP contribution in [0.5, 0.6) is 0 Å². The number of aromatic nitrogens is 1. The van der Waals surface area contributed by atoms with E-state index >= 15 is 0 Å². The molecule has 148 valence electrons. The predicted molar refractivity (Wildman–Crippen MR) is 111 cm³/mol. The molecule has 7 heteroatoms. The molecule has 0 fully saturated rings. The summed E-state index contributed by atoms with van der Waals surface area (Å²) in [5.41, 5.74) is 2.03. The SMILES string of the molecule is O=C(CC[C@H]1NC(=O)c2ccccc2NC1=O)NCCn1ccc2ccccc21. The van der Waals surface area contributed by atoms with E-state index in [1.54, 1.807) is 24.3 Å². The van der Waals surface area contributed by atoms with Crippen molar-refractivity contribution in [1.29, 1.82) is 0 Å². The Kier molecular flexibility index (Phi) is 5.29. The van der Waals surface area contributed by atoms with Gasteiger partial charge in [0.2, 0.25) is 11.8 Å². The molecule has 0 radical (unpaired) electrons. The van der Waals surface area contributed by atoms with E-state index < -0.39 is 6.04 Å². The van der Waals surface area contributed by atoms with Crippen molar-refractivity contribution in [3.63, 3.8) is 0 Å². The molecule has 4 rings (SSSR count). The third-order valence-corrected chi connectivity index (χ3v) is 5.07. The lowest BCUT2D eigenvalue weighted by molar-refractivity contribution is -0.121. The lowest BCUT2D eigenvalue weighted by Crippen LogP contribution is -2.42. The molecule has 1 aliphatic rings. The van der Waals surface area contributed by atoms with Gasteiger partial charge in [0.05, 0.1) is 11.3 Å².